The van der Waals surface area contributed by atoms with Crippen LogP contribution in [0.2, 0.25) is 0 Å². The molecular weight excluding hydrogens is 386 g/mol. The summed E-state index contributed by atoms with van der Waals surface area (Å²) >= 11 is 1.99. The fourth-order valence-electron chi connectivity index (χ4n) is 2.29. The number of fused-ring (bicyclic) bond motifs is 1. The Kier molecular flexibility index (Phi) is 6.27. The van der Waals surface area contributed by atoms with Crippen molar-refractivity contribution >= 4 is 46.9 Å². The van der Waals surface area contributed by atoms with Crippen LogP contribution in [0, 0.1) is 0 Å². The number of aromatic carboxylic acids is 1. The normalized spacial score (nSPS) is 10.7. The predicted molar refractivity (Wildman–Crippen MR) is 94.2 cm³/mol. The van der Waals surface area contributed by atoms with Gasteiger partial charge in [-0.15, -0.1) is 11.8 Å². The molecule has 26 heavy (non-hydrogen) atoms. The summed E-state index contributed by atoms with van der Waals surface area (Å²) < 4.78 is 11.9. The molecule has 0 atom stereocenters. The highest BCUT2D eigenvalue weighted by Crippen LogP contribution is 2.41. The Labute approximate surface area is 155 Å². The summed E-state index contributed by atoms with van der Waals surface area (Å²) in [5.41, 5.74) is 0.191. The molecule has 0 aliphatic rings. The maximum Gasteiger partial charge on any atom is 0.343 e. The van der Waals surface area contributed by atoms with Gasteiger partial charge in [0.2, 0.25) is 0 Å². The van der Waals surface area contributed by atoms with Crippen molar-refractivity contribution < 1.29 is 39.2 Å². The molecule has 0 aromatic carbocycles. The highest BCUT2D eigenvalue weighted by Gasteiger charge is 2.25. The highest BCUT2D eigenvalue weighted by molar-refractivity contribution is 8.02. The lowest BCUT2D eigenvalue weighted by Crippen LogP contribution is -2.07. The molecule has 0 aliphatic carbocycles. The zero-order valence-corrected chi connectivity index (χ0v) is 15.3. The fraction of sp³-hybridized carbons (Fsp3) is 0.267. The second-order valence-corrected chi connectivity index (χ2v) is 6.83. The maximum atomic E-state index is 11.6. The third-order valence-electron chi connectivity index (χ3n) is 3.23. The monoisotopic (exact) mass is 401 g/mol. The van der Waals surface area contributed by atoms with Gasteiger partial charge in [-0.2, -0.15) is 0 Å². The van der Waals surface area contributed by atoms with E-state index in [-0.39, 0.29) is 28.6 Å². The number of aliphatic carboxylic acids is 2. The van der Waals surface area contributed by atoms with Crippen molar-refractivity contribution in [1.82, 2.24) is 4.40 Å². The number of hydrogen-bond acceptors (Lipinski definition) is 7. The summed E-state index contributed by atoms with van der Waals surface area (Å²) in [6.07, 6.45) is 1.41. The molecule has 0 saturated heterocycles. The summed E-state index contributed by atoms with van der Waals surface area (Å²) in [5, 5.41) is 27.8. The summed E-state index contributed by atoms with van der Waals surface area (Å²) in [6.45, 7) is 0. The molecule has 11 heteroatoms. The Morgan fingerprint density at radius 2 is 1.65 bits per heavy atom. The van der Waals surface area contributed by atoms with E-state index in [0.29, 0.717) is 15.4 Å². The Hall–Kier alpha value is -2.53. The third kappa shape index (κ3) is 3.99. The van der Waals surface area contributed by atoms with Gasteiger partial charge in [0, 0.05) is 4.90 Å². The minimum Gasteiger partial charge on any atom is -0.494 e. The van der Waals surface area contributed by atoms with Crippen molar-refractivity contribution in [3.63, 3.8) is 0 Å². The van der Waals surface area contributed by atoms with E-state index in [9.17, 15) is 19.5 Å². The zero-order valence-electron chi connectivity index (χ0n) is 13.7. The SMILES string of the molecule is COc1cn2c(SCC(=O)O)c(SCC(=O)O)cc2c(OC)c1C(=O)O. The first-order valence-corrected chi connectivity index (χ1v) is 8.99. The average Bonchev–Trinajstić information content (AvgIpc) is 2.93. The summed E-state index contributed by atoms with van der Waals surface area (Å²) in [5.74, 6) is -3.74. The molecule has 0 saturated carbocycles. The smallest absolute Gasteiger partial charge is 0.343 e. The van der Waals surface area contributed by atoms with E-state index < -0.39 is 17.9 Å². The van der Waals surface area contributed by atoms with Crippen LogP contribution >= 0.6 is 23.5 Å². The van der Waals surface area contributed by atoms with Gasteiger partial charge in [-0.05, 0) is 6.07 Å². The molecule has 2 aromatic rings. The molecule has 2 heterocycles. The van der Waals surface area contributed by atoms with Crippen LogP contribution in [0.1, 0.15) is 10.4 Å². The van der Waals surface area contributed by atoms with Crippen molar-refractivity contribution in [3.05, 3.63) is 17.8 Å². The molecule has 9 nitrogen and oxygen atoms in total. The molecule has 0 unspecified atom stereocenters. The number of methoxy groups -OCH3 is 2. The van der Waals surface area contributed by atoms with Crippen LogP contribution in [0.5, 0.6) is 11.5 Å². The van der Waals surface area contributed by atoms with Crippen LogP contribution in [0.4, 0.5) is 0 Å². The second kappa shape index (κ2) is 8.23. The molecule has 0 fully saturated rings. The number of carboxylic acids is 3. The lowest BCUT2D eigenvalue weighted by atomic mass is 10.2. The number of hydrogen-bond donors (Lipinski definition) is 3. The first-order valence-electron chi connectivity index (χ1n) is 7.02. The molecule has 0 radical (unpaired) electrons. The van der Waals surface area contributed by atoms with Crippen LogP contribution in [-0.2, 0) is 9.59 Å². The maximum absolute atomic E-state index is 11.6. The van der Waals surface area contributed by atoms with Gasteiger partial charge in [0.15, 0.2) is 11.5 Å². The van der Waals surface area contributed by atoms with Gasteiger partial charge >= 0.3 is 17.9 Å². The molecule has 3 N–H and O–H groups in total. The van der Waals surface area contributed by atoms with Gasteiger partial charge in [-0.3, -0.25) is 9.59 Å². The Balaban J connectivity index is 2.73. The van der Waals surface area contributed by atoms with E-state index in [1.165, 1.54) is 20.4 Å². The highest BCUT2D eigenvalue weighted by atomic mass is 32.2. The van der Waals surface area contributed by atoms with Gasteiger partial charge in [-0.1, -0.05) is 11.8 Å². The van der Waals surface area contributed by atoms with Gasteiger partial charge in [0.25, 0.3) is 0 Å². The molecular formula is C15H15NO8S2. The van der Waals surface area contributed by atoms with Crippen molar-refractivity contribution in [3.8, 4) is 11.5 Å². The minimum absolute atomic E-state index is 0.0319. The number of rotatable bonds is 9. The van der Waals surface area contributed by atoms with Crippen LogP contribution < -0.4 is 9.47 Å². The first kappa shape index (κ1) is 19.8. The second-order valence-electron chi connectivity index (χ2n) is 4.84. The number of carboxylic acid groups (broad SMARTS) is 3. The number of aromatic nitrogens is 1. The summed E-state index contributed by atoms with van der Waals surface area (Å²) in [7, 11) is 2.61. The molecule has 2 rings (SSSR count). The number of thioether (sulfide) groups is 2. The van der Waals surface area contributed by atoms with Gasteiger partial charge in [0.05, 0.1) is 42.5 Å². The minimum atomic E-state index is -1.25. The van der Waals surface area contributed by atoms with Crippen LogP contribution in [0.15, 0.2) is 22.2 Å². The van der Waals surface area contributed by atoms with E-state index in [0.717, 1.165) is 23.5 Å². The van der Waals surface area contributed by atoms with Gasteiger partial charge < -0.3 is 29.2 Å². The van der Waals surface area contributed by atoms with E-state index >= 15 is 0 Å². The van der Waals surface area contributed by atoms with Crippen molar-refractivity contribution in [2.45, 2.75) is 9.92 Å². The number of pyridine rings is 1. The molecule has 2 aromatic heterocycles. The van der Waals surface area contributed by atoms with Crippen molar-refractivity contribution in [1.29, 1.82) is 0 Å². The fourth-order valence-corrected chi connectivity index (χ4v) is 4.09. The van der Waals surface area contributed by atoms with Gasteiger partial charge in [-0.25, -0.2) is 4.79 Å². The number of ether oxygens (including phenoxy) is 2. The summed E-state index contributed by atoms with van der Waals surface area (Å²) in [6, 6.07) is 1.57. The van der Waals surface area contributed by atoms with E-state index in [2.05, 4.69) is 0 Å². The standard InChI is InChI=1S/C15H15NO8S2/c1-23-8-4-16-7(13(24-2)12(8)15(21)22)3-9(25-5-10(17)18)14(16)26-6-11(19)20/h3-4H,5-6H2,1-2H3,(H,17,18)(H,19,20)(H,21,22). The van der Waals surface area contributed by atoms with Crippen LogP contribution in [0.3, 0.4) is 0 Å². The van der Waals surface area contributed by atoms with Crippen LogP contribution in [0.25, 0.3) is 5.52 Å². The first-order chi connectivity index (χ1) is 12.3. The number of carbonyl (C=O) groups is 3. The average molecular weight is 401 g/mol. The lowest BCUT2D eigenvalue weighted by molar-refractivity contribution is -0.135. The van der Waals surface area contributed by atoms with Crippen molar-refractivity contribution in [2.24, 2.45) is 0 Å². The summed E-state index contributed by atoms with van der Waals surface area (Å²) in [4.78, 5) is 33.9. The molecule has 0 aliphatic heterocycles. The van der Waals surface area contributed by atoms with Crippen LogP contribution in [-0.4, -0.2) is 63.4 Å². The zero-order chi connectivity index (χ0) is 19.4. The molecule has 140 valence electrons. The topological polar surface area (TPSA) is 135 Å². The quantitative estimate of drug-likeness (QED) is 0.535. The van der Waals surface area contributed by atoms with E-state index in [4.69, 9.17) is 19.7 Å². The largest absolute Gasteiger partial charge is 0.494 e. The Morgan fingerprint density at radius 3 is 2.15 bits per heavy atom. The molecule has 0 bridgehead atoms. The van der Waals surface area contributed by atoms with E-state index in [1.807, 2.05) is 0 Å². The number of nitrogens with zero attached hydrogens (tertiary/aromatic N) is 1. The molecule has 0 amide bonds. The predicted octanol–water partition coefficient (Wildman–Crippen LogP) is 2.01. The Morgan fingerprint density at radius 1 is 1.04 bits per heavy atom. The molecule has 0 spiro atoms. The third-order valence-corrected chi connectivity index (χ3v) is 5.45. The Bertz CT molecular complexity index is 876. The lowest BCUT2D eigenvalue weighted by Gasteiger charge is -2.13. The van der Waals surface area contributed by atoms with Gasteiger partial charge in [0.1, 0.15) is 5.56 Å². The van der Waals surface area contributed by atoms with E-state index in [1.54, 1.807) is 10.5 Å². The van der Waals surface area contributed by atoms with Crippen molar-refractivity contribution in [2.75, 3.05) is 25.7 Å².